The standard InChI is InChI=1S/C14H14N4O/c1-18-12-8-16-7-6-11(12)17-14(18)9-19-13-5-3-2-4-10(13)15/h2-8H,9,15H2,1H3. The molecule has 5 heteroatoms. The molecule has 1 aromatic carbocycles. The maximum Gasteiger partial charge on any atom is 0.147 e. The topological polar surface area (TPSA) is 66.0 Å². The lowest BCUT2D eigenvalue weighted by Crippen LogP contribution is -2.04. The molecular formula is C14H14N4O. The third-order valence-corrected chi connectivity index (χ3v) is 3.05. The minimum absolute atomic E-state index is 0.374. The zero-order valence-corrected chi connectivity index (χ0v) is 10.6. The molecule has 0 saturated carbocycles. The van der Waals surface area contributed by atoms with Crippen molar-refractivity contribution in [1.82, 2.24) is 14.5 Å². The molecule has 0 aliphatic heterocycles. The van der Waals surface area contributed by atoms with Crippen LogP contribution in [0.2, 0.25) is 0 Å². The van der Waals surface area contributed by atoms with Crippen molar-refractivity contribution in [2.24, 2.45) is 7.05 Å². The second kappa shape index (κ2) is 4.61. The van der Waals surface area contributed by atoms with Gasteiger partial charge in [-0.1, -0.05) is 12.1 Å². The Balaban J connectivity index is 1.86. The summed E-state index contributed by atoms with van der Waals surface area (Å²) in [7, 11) is 1.95. The van der Waals surface area contributed by atoms with Crippen LogP contribution in [0.4, 0.5) is 5.69 Å². The second-order valence-corrected chi connectivity index (χ2v) is 4.28. The molecule has 0 spiro atoms. The van der Waals surface area contributed by atoms with Gasteiger partial charge in [-0.3, -0.25) is 4.98 Å². The smallest absolute Gasteiger partial charge is 0.147 e. The predicted molar refractivity (Wildman–Crippen MR) is 73.7 cm³/mol. The predicted octanol–water partition coefficient (Wildman–Crippen LogP) is 2.13. The molecule has 3 rings (SSSR count). The number of anilines is 1. The quantitative estimate of drug-likeness (QED) is 0.727. The summed E-state index contributed by atoms with van der Waals surface area (Å²) in [6.45, 7) is 0.374. The van der Waals surface area contributed by atoms with Crippen molar-refractivity contribution < 1.29 is 4.74 Å². The number of benzene rings is 1. The molecular weight excluding hydrogens is 240 g/mol. The first kappa shape index (κ1) is 11.5. The van der Waals surface area contributed by atoms with Crippen LogP contribution in [0, 0.1) is 0 Å². The normalized spacial score (nSPS) is 10.8. The second-order valence-electron chi connectivity index (χ2n) is 4.28. The van der Waals surface area contributed by atoms with E-state index >= 15 is 0 Å². The molecule has 0 amide bonds. The third-order valence-electron chi connectivity index (χ3n) is 3.05. The van der Waals surface area contributed by atoms with Gasteiger partial charge in [0.25, 0.3) is 0 Å². The first-order valence-electron chi connectivity index (χ1n) is 5.98. The number of hydrogen-bond donors (Lipinski definition) is 1. The van der Waals surface area contributed by atoms with Gasteiger partial charge < -0.3 is 15.0 Å². The highest BCUT2D eigenvalue weighted by Crippen LogP contribution is 2.21. The lowest BCUT2D eigenvalue weighted by atomic mass is 10.3. The van der Waals surface area contributed by atoms with Gasteiger partial charge in [0, 0.05) is 13.2 Å². The Kier molecular flexibility index (Phi) is 2.79. The zero-order valence-electron chi connectivity index (χ0n) is 10.6. The molecule has 0 aliphatic carbocycles. The highest BCUT2D eigenvalue weighted by Gasteiger charge is 2.08. The van der Waals surface area contributed by atoms with Gasteiger partial charge in [-0.25, -0.2) is 4.98 Å². The molecule has 0 bridgehead atoms. The number of nitrogen functional groups attached to an aromatic ring is 1. The van der Waals surface area contributed by atoms with E-state index < -0.39 is 0 Å². The summed E-state index contributed by atoms with van der Waals surface area (Å²) in [4.78, 5) is 8.61. The molecule has 0 fully saturated rings. The Bertz CT molecular complexity index is 720. The van der Waals surface area contributed by atoms with E-state index in [1.807, 2.05) is 41.9 Å². The summed E-state index contributed by atoms with van der Waals surface area (Å²) in [5.41, 5.74) is 8.37. The van der Waals surface area contributed by atoms with Crippen LogP contribution in [0.5, 0.6) is 5.75 Å². The van der Waals surface area contributed by atoms with Gasteiger partial charge in [0.2, 0.25) is 0 Å². The maximum absolute atomic E-state index is 5.84. The maximum atomic E-state index is 5.84. The van der Waals surface area contributed by atoms with Crippen molar-refractivity contribution in [1.29, 1.82) is 0 Å². The monoisotopic (exact) mass is 254 g/mol. The first-order chi connectivity index (χ1) is 9.25. The molecule has 0 aliphatic rings. The number of para-hydroxylation sites is 2. The van der Waals surface area contributed by atoms with E-state index in [-0.39, 0.29) is 0 Å². The number of pyridine rings is 1. The molecule has 3 aromatic rings. The van der Waals surface area contributed by atoms with Gasteiger partial charge in [0.1, 0.15) is 18.2 Å². The number of imidazole rings is 1. The number of rotatable bonds is 3. The molecule has 5 nitrogen and oxygen atoms in total. The summed E-state index contributed by atoms with van der Waals surface area (Å²) in [5.74, 6) is 1.51. The molecule has 19 heavy (non-hydrogen) atoms. The molecule has 0 atom stereocenters. The lowest BCUT2D eigenvalue weighted by molar-refractivity contribution is 0.294. The fraction of sp³-hybridized carbons (Fsp3) is 0.143. The summed E-state index contributed by atoms with van der Waals surface area (Å²) in [5, 5.41) is 0. The number of hydrogen-bond acceptors (Lipinski definition) is 4. The summed E-state index contributed by atoms with van der Waals surface area (Å²) in [6, 6.07) is 9.32. The van der Waals surface area contributed by atoms with E-state index in [0.29, 0.717) is 18.0 Å². The molecule has 0 saturated heterocycles. The van der Waals surface area contributed by atoms with Crippen LogP contribution in [0.3, 0.4) is 0 Å². The van der Waals surface area contributed by atoms with Gasteiger partial charge in [-0.2, -0.15) is 0 Å². The molecule has 0 radical (unpaired) electrons. The van der Waals surface area contributed by atoms with Crippen LogP contribution in [0.15, 0.2) is 42.7 Å². The number of aromatic nitrogens is 3. The number of aryl methyl sites for hydroxylation is 1. The van der Waals surface area contributed by atoms with Gasteiger partial charge in [0.05, 0.1) is 22.9 Å². The minimum atomic E-state index is 0.374. The first-order valence-corrected chi connectivity index (χ1v) is 5.98. The fourth-order valence-electron chi connectivity index (χ4n) is 1.97. The fourth-order valence-corrected chi connectivity index (χ4v) is 1.97. The largest absolute Gasteiger partial charge is 0.484 e. The van der Waals surface area contributed by atoms with Crippen molar-refractivity contribution in [2.75, 3.05) is 5.73 Å². The highest BCUT2D eigenvalue weighted by molar-refractivity contribution is 5.74. The van der Waals surface area contributed by atoms with Gasteiger partial charge in [-0.15, -0.1) is 0 Å². The van der Waals surface area contributed by atoms with Crippen molar-refractivity contribution >= 4 is 16.7 Å². The van der Waals surface area contributed by atoms with Gasteiger partial charge in [-0.05, 0) is 18.2 Å². The van der Waals surface area contributed by atoms with Crippen molar-refractivity contribution in [3.05, 3.63) is 48.5 Å². The van der Waals surface area contributed by atoms with Crippen LogP contribution in [-0.2, 0) is 13.7 Å². The molecule has 2 heterocycles. The van der Waals surface area contributed by atoms with Crippen LogP contribution in [0.25, 0.3) is 11.0 Å². The lowest BCUT2D eigenvalue weighted by Gasteiger charge is -2.08. The summed E-state index contributed by atoms with van der Waals surface area (Å²) < 4.78 is 7.68. The van der Waals surface area contributed by atoms with E-state index in [4.69, 9.17) is 10.5 Å². The minimum Gasteiger partial charge on any atom is -0.484 e. The number of nitrogens with two attached hydrogens (primary N) is 1. The van der Waals surface area contributed by atoms with E-state index in [9.17, 15) is 0 Å². The zero-order chi connectivity index (χ0) is 13.2. The molecule has 2 N–H and O–H groups in total. The number of nitrogens with zero attached hydrogens (tertiary/aromatic N) is 3. The average Bonchev–Trinajstić information content (AvgIpc) is 2.75. The van der Waals surface area contributed by atoms with Crippen LogP contribution in [0.1, 0.15) is 5.82 Å². The number of ether oxygens (including phenoxy) is 1. The van der Waals surface area contributed by atoms with Crippen molar-refractivity contribution in [3.8, 4) is 5.75 Å². The summed E-state index contributed by atoms with van der Waals surface area (Å²) >= 11 is 0. The van der Waals surface area contributed by atoms with E-state index in [0.717, 1.165) is 16.9 Å². The van der Waals surface area contributed by atoms with Crippen molar-refractivity contribution in [2.45, 2.75) is 6.61 Å². The summed E-state index contributed by atoms with van der Waals surface area (Å²) in [6.07, 6.45) is 3.53. The highest BCUT2D eigenvalue weighted by atomic mass is 16.5. The van der Waals surface area contributed by atoms with E-state index in [1.165, 1.54) is 0 Å². The van der Waals surface area contributed by atoms with Crippen molar-refractivity contribution in [3.63, 3.8) is 0 Å². The van der Waals surface area contributed by atoms with Crippen LogP contribution >= 0.6 is 0 Å². The van der Waals surface area contributed by atoms with Gasteiger partial charge in [0.15, 0.2) is 0 Å². The van der Waals surface area contributed by atoms with E-state index in [1.54, 1.807) is 12.4 Å². The Morgan fingerprint density at radius 2 is 2.11 bits per heavy atom. The molecule has 0 unspecified atom stereocenters. The Morgan fingerprint density at radius 3 is 2.89 bits per heavy atom. The van der Waals surface area contributed by atoms with E-state index in [2.05, 4.69) is 9.97 Å². The Morgan fingerprint density at radius 1 is 1.26 bits per heavy atom. The average molecular weight is 254 g/mol. The Hall–Kier alpha value is -2.56. The molecule has 2 aromatic heterocycles. The van der Waals surface area contributed by atoms with Crippen LogP contribution in [-0.4, -0.2) is 14.5 Å². The Labute approximate surface area is 110 Å². The third kappa shape index (κ3) is 2.10. The van der Waals surface area contributed by atoms with Gasteiger partial charge >= 0.3 is 0 Å². The SMILES string of the molecule is Cn1c(COc2ccccc2N)nc2ccncc21. The molecule has 96 valence electrons. The van der Waals surface area contributed by atoms with Crippen LogP contribution < -0.4 is 10.5 Å². The number of fused-ring (bicyclic) bond motifs is 1.